The molecule has 0 aliphatic rings. The van der Waals surface area contributed by atoms with Crippen LogP contribution in [0.25, 0.3) is 10.8 Å². The van der Waals surface area contributed by atoms with Gasteiger partial charge in [0, 0.05) is 32.3 Å². The number of hydrogen-bond acceptors (Lipinski definition) is 3. The highest BCUT2D eigenvalue weighted by Gasteiger charge is 2.11. The molecule has 0 saturated carbocycles. The molecule has 5 nitrogen and oxygen atoms in total. The molecule has 1 aromatic heterocycles. The van der Waals surface area contributed by atoms with Crippen LogP contribution in [0.3, 0.4) is 0 Å². The standard InChI is InChI=1S/C21H25N3O2/c1-15-11-16(2)24(22-15)10-9-21(25)23(3)14-17-5-6-19-13-20(26-4)8-7-18(19)12-17/h5-8,11-13H,9-10,14H2,1-4H3. The number of hydrogen-bond donors (Lipinski definition) is 0. The Morgan fingerprint density at radius 3 is 2.54 bits per heavy atom. The molecule has 0 N–H and O–H groups in total. The van der Waals surface area contributed by atoms with E-state index in [0.717, 1.165) is 33.5 Å². The summed E-state index contributed by atoms with van der Waals surface area (Å²) >= 11 is 0. The molecule has 2 aromatic carbocycles. The molecule has 26 heavy (non-hydrogen) atoms. The molecule has 0 atom stereocenters. The third kappa shape index (κ3) is 4.04. The molecule has 0 bridgehead atoms. The normalized spacial score (nSPS) is 10.9. The van der Waals surface area contributed by atoms with Crippen molar-refractivity contribution in [2.45, 2.75) is 33.4 Å². The predicted octanol–water partition coefficient (Wildman–Crippen LogP) is 3.71. The maximum atomic E-state index is 12.5. The van der Waals surface area contributed by atoms with Crippen molar-refractivity contribution in [2.75, 3.05) is 14.2 Å². The number of carbonyl (C=O) groups excluding carboxylic acids is 1. The number of carbonyl (C=O) groups is 1. The van der Waals surface area contributed by atoms with Crippen LogP contribution < -0.4 is 4.74 Å². The smallest absolute Gasteiger partial charge is 0.224 e. The number of nitrogens with zero attached hydrogens (tertiary/aromatic N) is 3. The summed E-state index contributed by atoms with van der Waals surface area (Å²) < 4.78 is 7.16. The van der Waals surface area contributed by atoms with Gasteiger partial charge >= 0.3 is 0 Å². The van der Waals surface area contributed by atoms with E-state index in [1.807, 2.05) is 49.8 Å². The van der Waals surface area contributed by atoms with Gasteiger partial charge in [0.1, 0.15) is 5.75 Å². The van der Waals surface area contributed by atoms with Crippen molar-refractivity contribution >= 4 is 16.7 Å². The highest BCUT2D eigenvalue weighted by Crippen LogP contribution is 2.22. The Morgan fingerprint density at radius 2 is 1.85 bits per heavy atom. The summed E-state index contributed by atoms with van der Waals surface area (Å²) in [6, 6.07) is 14.3. The average Bonchev–Trinajstić information content (AvgIpc) is 2.96. The Morgan fingerprint density at radius 1 is 1.12 bits per heavy atom. The van der Waals surface area contributed by atoms with E-state index in [1.54, 1.807) is 12.0 Å². The fraction of sp³-hybridized carbons (Fsp3) is 0.333. The molecule has 0 saturated heterocycles. The molecule has 3 aromatic rings. The lowest BCUT2D eigenvalue weighted by atomic mass is 10.1. The van der Waals surface area contributed by atoms with Gasteiger partial charge in [-0.3, -0.25) is 9.48 Å². The Balaban J connectivity index is 1.63. The van der Waals surface area contributed by atoms with Gasteiger partial charge < -0.3 is 9.64 Å². The summed E-state index contributed by atoms with van der Waals surface area (Å²) in [5.74, 6) is 0.967. The Bertz CT molecular complexity index is 930. The topological polar surface area (TPSA) is 47.4 Å². The Labute approximate surface area is 154 Å². The van der Waals surface area contributed by atoms with Gasteiger partial charge in [-0.25, -0.2) is 0 Å². The molecule has 0 fully saturated rings. The second-order valence-electron chi connectivity index (χ2n) is 6.70. The van der Waals surface area contributed by atoms with E-state index in [-0.39, 0.29) is 5.91 Å². The minimum atomic E-state index is 0.118. The minimum Gasteiger partial charge on any atom is -0.497 e. The van der Waals surface area contributed by atoms with Crippen molar-refractivity contribution in [1.82, 2.24) is 14.7 Å². The first-order chi connectivity index (χ1) is 12.5. The third-order valence-corrected chi connectivity index (χ3v) is 4.60. The van der Waals surface area contributed by atoms with Gasteiger partial charge in [-0.05, 0) is 54.4 Å². The molecule has 0 radical (unpaired) electrons. The summed E-state index contributed by atoms with van der Waals surface area (Å²) in [4.78, 5) is 14.2. The molecular weight excluding hydrogens is 326 g/mol. The fourth-order valence-electron chi connectivity index (χ4n) is 3.15. The van der Waals surface area contributed by atoms with Crippen molar-refractivity contribution in [3.05, 3.63) is 59.4 Å². The summed E-state index contributed by atoms with van der Waals surface area (Å²) in [5, 5.41) is 6.69. The number of amides is 1. The van der Waals surface area contributed by atoms with E-state index in [9.17, 15) is 4.79 Å². The number of aryl methyl sites for hydroxylation is 3. The zero-order valence-electron chi connectivity index (χ0n) is 15.8. The van der Waals surface area contributed by atoms with Crippen LogP contribution in [0.15, 0.2) is 42.5 Å². The average molecular weight is 351 g/mol. The molecule has 1 amide bonds. The van der Waals surface area contributed by atoms with Crippen LogP contribution in [0.2, 0.25) is 0 Å². The van der Waals surface area contributed by atoms with Crippen LogP contribution in [0.1, 0.15) is 23.4 Å². The second kappa shape index (κ2) is 7.60. The lowest BCUT2D eigenvalue weighted by Gasteiger charge is -2.18. The largest absolute Gasteiger partial charge is 0.497 e. The van der Waals surface area contributed by atoms with E-state index in [4.69, 9.17) is 4.74 Å². The Hall–Kier alpha value is -2.82. The van der Waals surface area contributed by atoms with Crippen molar-refractivity contribution in [3.8, 4) is 5.75 Å². The van der Waals surface area contributed by atoms with Crippen LogP contribution in [0.4, 0.5) is 0 Å². The van der Waals surface area contributed by atoms with Gasteiger partial charge in [-0.2, -0.15) is 5.10 Å². The highest BCUT2D eigenvalue weighted by atomic mass is 16.5. The third-order valence-electron chi connectivity index (χ3n) is 4.60. The van der Waals surface area contributed by atoms with Crippen molar-refractivity contribution in [1.29, 1.82) is 0 Å². The quantitative estimate of drug-likeness (QED) is 0.680. The van der Waals surface area contributed by atoms with Gasteiger partial charge in [-0.1, -0.05) is 18.2 Å². The molecule has 0 aliphatic heterocycles. The number of benzene rings is 2. The van der Waals surface area contributed by atoms with Gasteiger partial charge in [0.15, 0.2) is 0 Å². The van der Waals surface area contributed by atoms with Gasteiger partial charge in [0.25, 0.3) is 0 Å². The first-order valence-corrected chi connectivity index (χ1v) is 8.78. The fourth-order valence-corrected chi connectivity index (χ4v) is 3.15. The first-order valence-electron chi connectivity index (χ1n) is 8.78. The zero-order chi connectivity index (χ0) is 18.7. The van der Waals surface area contributed by atoms with Crippen LogP contribution in [0.5, 0.6) is 5.75 Å². The number of methoxy groups -OCH3 is 1. The van der Waals surface area contributed by atoms with E-state index in [0.29, 0.717) is 19.5 Å². The van der Waals surface area contributed by atoms with Gasteiger partial charge in [0.05, 0.1) is 12.8 Å². The van der Waals surface area contributed by atoms with Gasteiger partial charge in [-0.15, -0.1) is 0 Å². The van der Waals surface area contributed by atoms with E-state index >= 15 is 0 Å². The second-order valence-corrected chi connectivity index (χ2v) is 6.70. The molecule has 0 aliphatic carbocycles. The van der Waals surface area contributed by atoms with Gasteiger partial charge in [0.2, 0.25) is 5.91 Å². The number of ether oxygens (including phenoxy) is 1. The van der Waals surface area contributed by atoms with Crippen LogP contribution in [-0.4, -0.2) is 34.7 Å². The molecular formula is C21H25N3O2. The lowest BCUT2D eigenvalue weighted by Crippen LogP contribution is -2.27. The van der Waals surface area contributed by atoms with Crippen LogP contribution in [-0.2, 0) is 17.9 Å². The molecule has 1 heterocycles. The van der Waals surface area contributed by atoms with Crippen molar-refractivity contribution in [3.63, 3.8) is 0 Å². The van der Waals surface area contributed by atoms with Crippen molar-refractivity contribution < 1.29 is 9.53 Å². The molecule has 5 heteroatoms. The summed E-state index contributed by atoms with van der Waals surface area (Å²) in [6.07, 6.45) is 0.448. The van der Waals surface area contributed by atoms with E-state index < -0.39 is 0 Å². The SMILES string of the molecule is COc1ccc2cc(CN(C)C(=O)CCn3nc(C)cc3C)ccc2c1. The number of fused-ring (bicyclic) bond motifs is 1. The minimum absolute atomic E-state index is 0.118. The number of aromatic nitrogens is 2. The highest BCUT2D eigenvalue weighted by molar-refractivity contribution is 5.84. The maximum Gasteiger partial charge on any atom is 0.224 e. The molecule has 0 unspecified atom stereocenters. The van der Waals surface area contributed by atoms with Crippen LogP contribution >= 0.6 is 0 Å². The Kier molecular flexibility index (Phi) is 5.26. The van der Waals surface area contributed by atoms with Crippen molar-refractivity contribution in [2.24, 2.45) is 0 Å². The van der Waals surface area contributed by atoms with E-state index in [1.165, 1.54) is 0 Å². The molecule has 0 spiro atoms. The number of rotatable bonds is 6. The monoisotopic (exact) mass is 351 g/mol. The predicted molar refractivity (Wildman–Crippen MR) is 103 cm³/mol. The van der Waals surface area contributed by atoms with Crippen LogP contribution in [0, 0.1) is 13.8 Å². The lowest BCUT2D eigenvalue weighted by molar-refractivity contribution is -0.130. The maximum absolute atomic E-state index is 12.5. The first kappa shape index (κ1) is 18.0. The molecule has 3 rings (SSSR count). The summed E-state index contributed by atoms with van der Waals surface area (Å²) in [7, 11) is 3.52. The zero-order valence-corrected chi connectivity index (χ0v) is 15.8. The van der Waals surface area contributed by atoms with E-state index in [2.05, 4.69) is 23.3 Å². The molecule has 136 valence electrons. The summed E-state index contributed by atoms with van der Waals surface area (Å²) in [6.45, 7) is 5.18. The summed E-state index contributed by atoms with van der Waals surface area (Å²) in [5.41, 5.74) is 3.18.